The molecule has 0 atom stereocenters. The van der Waals surface area contributed by atoms with Gasteiger partial charge in [0.25, 0.3) is 0 Å². The SMILES string of the molecule is Cc1ccc(N(C)CNC(=O)C(C)C)cc1. The Labute approximate surface area is 97.5 Å². The third kappa shape index (κ3) is 3.57. The minimum Gasteiger partial charge on any atom is -0.357 e. The topological polar surface area (TPSA) is 32.3 Å². The molecular weight excluding hydrogens is 200 g/mol. The predicted octanol–water partition coefficient (Wildman–Crippen LogP) is 2.16. The quantitative estimate of drug-likeness (QED) is 0.789. The normalized spacial score (nSPS) is 10.3. The first-order valence-corrected chi connectivity index (χ1v) is 5.56. The summed E-state index contributed by atoms with van der Waals surface area (Å²) in [7, 11) is 1.96. The molecular formula is C13H20N2O. The standard InChI is InChI=1S/C13H20N2O/c1-10(2)13(16)14-9-15(4)12-7-5-11(3)6-8-12/h5-8,10H,9H2,1-4H3,(H,14,16). The van der Waals surface area contributed by atoms with E-state index in [4.69, 9.17) is 0 Å². The highest BCUT2D eigenvalue weighted by Crippen LogP contribution is 2.12. The van der Waals surface area contributed by atoms with E-state index in [0.717, 1.165) is 5.69 Å². The summed E-state index contributed by atoms with van der Waals surface area (Å²) in [5, 5.41) is 2.88. The Hall–Kier alpha value is -1.51. The van der Waals surface area contributed by atoms with Crippen LogP contribution in [0.15, 0.2) is 24.3 Å². The van der Waals surface area contributed by atoms with Gasteiger partial charge in [0.05, 0.1) is 6.67 Å². The molecule has 1 amide bonds. The number of carbonyl (C=O) groups excluding carboxylic acids is 1. The van der Waals surface area contributed by atoms with E-state index in [9.17, 15) is 4.79 Å². The summed E-state index contributed by atoms with van der Waals surface area (Å²) in [5.74, 6) is 0.116. The first kappa shape index (κ1) is 12.6. The second kappa shape index (κ2) is 5.54. The number of nitrogens with one attached hydrogen (secondary N) is 1. The number of hydrogen-bond acceptors (Lipinski definition) is 2. The first-order valence-electron chi connectivity index (χ1n) is 5.56. The number of benzene rings is 1. The molecule has 0 saturated carbocycles. The van der Waals surface area contributed by atoms with Crippen LogP contribution in [0.4, 0.5) is 5.69 Å². The highest BCUT2D eigenvalue weighted by molar-refractivity contribution is 5.78. The van der Waals surface area contributed by atoms with Crippen molar-refractivity contribution in [2.24, 2.45) is 5.92 Å². The molecule has 1 aromatic rings. The van der Waals surface area contributed by atoms with Crippen LogP contribution in [-0.2, 0) is 4.79 Å². The Kier molecular flexibility index (Phi) is 4.35. The predicted molar refractivity (Wildman–Crippen MR) is 67.4 cm³/mol. The van der Waals surface area contributed by atoms with Gasteiger partial charge >= 0.3 is 0 Å². The molecule has 0 spiro atoms. The molecule has 0 aliphatic carbocycles. The third-order valence-corrected chi connectivity index (χ3v) is 2.49. The summed E-state index contributed by atoms with van der Waals surface area (Å²) in [6.45, 7) is 6.38. The molecule has 16 heavy (non-hydrogen) atoms. The van der Waals surface area contributed by atoms with Gasteiger partial charge < -0.3 is 10.2 Å². The molecule has 88 valence electrons. The molecule has 0 unspecified atom stereocenters. The second-order valence-corrected chi connectivity index (χ2v) is 4.39. The Morgan fingerprint density at radius 2 is 1.88 bits per heavy atom. The van der Waals surface area contributed by atoms with Gasteiger partial charge in [-0.25, -0.2) is 0 Å². The van der Waals surface area contributed by atoms with Crippen LogP contribution in [0.2, 0.25) is 0 Å². The van der Waals surface area contributed by atoms with Crippen molar-refractivity contribution in [3.63, 3.8) is 0 Å². The van der Waals surface area contributed by atoms with E-state index in [1.165, 1.54) is 5.56 Å². The first-order chi connectivity index (χ1) is 7.50. The summed E-state index contributed by atoms with van der Waals surface area (Å²) >= 11 is 0. The smallest absolute Gasteiger partial charge is 0.223 e. The number of rotatable bonds is 4. The lowest BCUT2D eigenvalue weighted by atomic mass is 10.2. The summed E-state index contributed by atoms with van der Waals surface area (Å²) in [6.07, 6.45) is 0. The van der Waals surface area contributed by atoms with Gasteiger partial charge in [-0.2, -0.15) is 0 Å². The van der Waals surface area contributed by atoms with Crippen LogP contribution >= 0.6 is 0 Å². The maximum atomic E-state index is 11.4. The number of amides is 1. The zero-order chi connectivity index (χ0) is 12.1. The molecule has 0 bridgehead atoms. The fourth-order valence-electron chi connectivity index (χ4n) is 1.29. The maximum absolute atomic E-state index is 11.4. The summed E-state index contributed by atoms with van der Waals surface area (Å²) in [4.78, 5) is 13.4. The van der Waals surface area contributed by atoms with E-state index in [0.29, 0.717) is 6.67 Å². The lowest BCUT2D eigenvalue weighted by molar-refractivity contribution is -0.123. The molecule has 3 heteroatoms. The van der Waals surface area contributed by atoms with Crippen LogP contribution in [0.3, 0.4) is 0 Å². The van der Waals surface area contributed by atoms with Crippen molar-refractivity contribution >= 4 is 11.6 Å². The molecule has 1 N–H and O–H groups in total. The van der Waals surface area contributed by atoms with Gasteiger partial charge in [-0.05, 0) is 19.1 Å². The minimum absolute atomic E-state index is 0.0337. The van der Waals surface area contributed by atoms with E-state index >= 15 is 0 Å². The molecule has 0 heterocycles. The van der Waals surface area contributed by atoms with Crippen molar-refractivity contribution in [2.45, 2.75) is 20.8 Å². The third-order valence-electron chi connectivity index (χ3n) is 2.49. The average molecular weight is 220 g/mol. The van der Waals surface area contributed by atoms with Gasteiger partial charge in [-0.3, -0.25) is 4.79 Å². The summed E-state index contributed by atoms with van der Waals surface area (Å²) in [5.41, 5.74) is 2.35. The van der Waals surface area contributed by atoms with E-state index in [2.05, 4.69) is 36.5 Å². The van der Waals surface area contributed by atoms with Crippen molar-refractivity contribution < 1.29 is 4.79 Å². The zero-order valence-corrected chi connectivity index (χ0v) is 10.4. The van der Waals surface area contributed by atoms with Crippen LogP contribution in [-0.4, -0.2) is 19.6 Å². The molecule has 1 rings (SSSR count). The minimum atomic E-state index is 0.0337. The monoisotopic (exact) mass is 220 g/mol. The molecule has 0 radical (unpaired) electrons. The number of carbonyl (C=O) groups is 1. The molecule has 0 fully saturated rings. The highest BCUT2D eigenvalue weighted by Gasteiger charge is 2.07. The highest BCUT2D eigenvalue weighted by atomic mass is 16.1. The zero-order valence-electron chi connectivity index (χ0n) is 10.4. The summed E-state index contributed by atoms with van der Waals surface area (Å²) in [6, 6.07) is 8.24. The fourth-order valence-corrected chi connectivity index (χ4v) is 1.29. The van der Waals surface area contributed by atoms with Crippen LogP contribution in [0, 0.1) is 12.8 Å². The number of anilines is 1. The van der Waals surface area contributed by atoms with Gasteiger partial charge in [-0.15, -0.1) is 0 Å². The molecule has 0 aliphatic heterocycles. The largest absolute Gasteiger partial charge is 0.357 e. The Morgan fingerprint density at radius 1 is 1.31 bits per heavy atom. The Balaban J connectivity index is 2.49. The second-order valence-electron chi connectivity index (χ2n) is 4.39. The number of aryl methyl sites for hydroxylation is 1. The van der Waals surface area contributed by atoms with Crippen molar-refractivity contribution in [3.05, 3.63) is 29.8 Å². The van der Waals surface area contributed by atoms with E-state index in [1.807, 2.05) is 25.8 Å². The van der Waals surface area contributed by atoms with Gasteiger partial charge in [0.2, 0.25) is 5.91 Å². The average Bonchev–Trinajstić information content (AvgIpc) is 2.26. The van der Waals surface area contributed by atoms with Gasteiger partial charge in [0.1, 0.15) is 0 Å². The number of hydrogen-bond donors (Lipinski definition) is 1. The molecule has 1 aromatic carbocycles. The maximum Gasteiger partial charge on any atom is 0.223 e. The fraction of sp³-hybridized carbons (Fsp3) is 0.462. The Morgan fingerprint density at radius 3 is 2.38 bits per heavy atom. The van der Waals surface area contributed by atoms with Crippen molar-refractivity contribution in [3.8, 4) is 0 Å². The lowest BCUT2D eigenvalue weighted by Crippen LogP contribution is -2.37. The van der Waals surface area contributed by atoms with Gasteiger partial charge in [0.15, 0.2) is 0 Å². The lowest BCUT2D eigenvalue weighted by Gasteiger charge is -2.20. The summed E-state index contributed by atoms with van der Waals surface area (Å²) < 4.78 is 0. The van der Waals surface area contributed by atoms with Crippen LogP contribution in [0.5, 0.6) is 0 Å². The Bertz CT molecular complexity index is 343. The van der Waals surface area contributed by atoms with Crippen molar-refractivity contribution in [2.75, 3.05) is 18.6 Å². The van der Waals surface area contributed by atoms with E-state index in [1.54, 1.807) is 0 Å². The van der Waals surface area contributed by atoms with E-state index < -0.39 is 0 Å². The van der Waals surface area contributed by atoms with Crippen LogP contribution in [0.1, 0.15) is 19.4 Å². The van der Waals surface area contributed by atoms with Crippen LogP contribution in [0.25, 0.3) is 0 Å². The molecule has 0 aromatic heterocycles. The van der Waals surface area contributed by atoms with E-state index in [-0.39, 0.29) is 11.8 Å². The number of nitrogens with zero attached hydrogens (tertiary/aromatic N) is 1. The van der Waals surface area contributed by atoms with Gasteiger partial charge in [0, 0.05) is 18.7 Å². The molecule has 0 aliphatic rings. The van der Waals surface area contributed by atoms with Crippen molar-refractivity contribution in [1.82, 2.24) is 5.32 Å². The molecule has 3 nitrogen and oxygen atoms in total. The molecule has 0 saturated heterocycles. The van der Waals surface area contributed by atoms with Gasteiger partial charge in [-0.1, -0.05) is 31.5 Å². The van der Waals surface area contributed by atoms with Crippen molar-refractivity contribution in [1.29, 1.82) is 0 Å². The van der Waals surface area contributed by atoms with Crippen LogP contribution < -0.4 is 10.2 Å².